The summed E-state index contributed by atoms with van der Waals surface area (Å²) in [5.74, 6) is 2.06. The van der Waals surface area contributed by atoms with Crippen LogP contribution in [0.4, 0.5) is 0 Å². The summed E-state index contributed by atoms with van der Waals surface area (Å²) in [6.07, 6.45) is 0.666. The lowest BCUT2D eigenvalue weighted by atomic mass is 10.1. The van der Waals surface area contributed by atoms with Gasteiger partial charge in [0.15, 0.2) is 17.2 Å². The zero-order valence-electron chi connectivity index (χ0n) is 19.7. The summed E-state index contributed by atoms with van der Waals surface area (Å²) in [4.78, 5) is 15.1. The minimum Gasteiger partial charge on any atom is -0.493 e. The lowest BCUT2D eigenvalue weighted by molar-refractivity contribution is 0.0528. The van der Waals surface area contributed by atoms with Crippen molar-refractivity contribution in [1.29, 1.82) is 0 Å². The Balaban J connectivity index is 1.77. The van der Waals surface area contributed by atoms with E-state index in [0.717, 1.165) is 32.2 Å². The van der Waals surface area contributed by atoms with Crippen LogP contribution in [0, 0.1) is 27.7 Å². The van der Waals surface area contributed by atoms with E-state index in [4.69, 9.17) is 24.3 Å². The molecule has 0 amide bonds. The molecular formula is C25H27N3O5S. The van der Waals surface area contributed by atoms with E-state index in [-0.39, 0.29) is 6.61 Å². The number of methoxy groups -OCH3 is 1. The fourth-order valence-corrected chi connectivity index (χ4v) is 4.24. The van der Waals surface area contributed by atoms with E-state index in [1.165, 1.54) is 7.11 Å². The Labute approximate surface area is 201 Å². The molecule has 9 heteroatoms. The quantitative estimate of drug-likeness (QED) is 0.378. The first-order valence-electron chi connectivity index (χ1n) is 10.8. The Morgan fingerprint density at radius 2 is 1.76 bits per heavy atom. The number of aliphatic hydroxyl groups is 2. The summed E-state index contributed by atoms with van der Waals surface area (Å²) < 4.78 is 17.5. The van der Waals surface area contributed by atoms with Crippen LogP contribution in [0.2, 0.25) is 0 Å². The molecule has 0 fully saturated rings. The SMILES string of the molecule is COc1cc2c(Oc3cc(C)c(C)nc3-c3nc(C)c(C)s3)ccnc2cc1OCC(O)CO. The highest BCUT2D eigenvalue weighted by atomic mass is 32.1. The van der Waals surface area contributed by atoms with Gasteiger partial charge in [-0.3, -0.25) is 4.98 Å². The zero-order valence-corrected chi connectivity index (χ0v) is 20.6. The molecule has 0 saturated heterocycles. The molecule has 0 saturated carbocycles. The molecule has 2 N–H and O–H groups in total. The number of nitrogens with zero attached hydrogens (tertiary/aromatic N) is 3. The number of benzene rings is 1. The van der Waals surface area contributed by atoms with Crippen molar-refractivity contribution in [2.24, 2.45) is 0 Å². The van der Waals surface area contributed by atoms with E-state index >= 15 is 0 Å². The lowest BCUT2D eigenvalue weighted by Crippen LogP contribution is -2.21. The lowest BCUT2D eigenvalue weighted by Gasteiger charge is -2.16. The second-order valence-electron chi connectivity index (χ2n) is 7.98. The van der Waals surface area contributed by atoms with Crippen molar-refractivity contribution >= 4 is 22.2 Å². The molecule has 8 nitrogen and oxygen atoms in total. The second kappa shape index (κ2) is 9.92. The minimum absolute atomic E-state index is 0.0706. The first-order valence-corrected chi connectivity index (χ1v) is 11.6. The molecule has 0 bridgehead atoms. The first kappa shape index (κ1) is 23.9. The van der Waals surface area contributed by atoms with Crippen LogP contribution in [-0.4, -0.2) is 51.6 Å². The Hall–Kier alpha value is -3.27. The molecular weight excluding hydrogens is 454 g/mol. The van der Waals surface area contributed by atoms with Crippen molar-refractivity contribution in [3.8, 4) is 33.7 Å². The first-order chi connectivity index (χ1) is 16.3. The Morgan fingerprint density at radius 3 is 2.44 bits per heavy atom. The van der Waals surface area contributed by atoms with Crippen molar-refractivity contribution < 1.29 is 24.4 Å². The van der Waals surface area contributed by atoms with Crippen LogP contribution >= 0.6 is 11.3 Å². The van der Waals surface area contributed by atoms with Gasteiger partial charge in [-0.2, -0.15) is 0 Å². The van der Waals surface area contributed by atoms with E-state index in [1.54, 1.807) is 35.7 Å². The van der Waals surface area contributed by atoms with Gasteiger partial charge >= 0.3 is 0 Å². The molecule has 3 aromatic heterocycles. The molecule has 4 rings (SSSR count). The van der Waals surface area contributed by atoms with E-state index in [9.17, 15) is 5.11 Å². The Kier molecular flexibility index (Phi) is 6.97. The average Bonchev–Trinajstić information content (AvgIpc) is 3.16. The highest BCUT2D eigenvalue weighted by Gasteiger charge is 2.19. The van der Waals surface area contributed by atoms with Gasteiger partial charge in [0, 0.05) is 28.2 Å². The number of aliphatic hydroxyl groups excluding tert-OH is 2. The van der Waals surface area contributed by atoms with E-state index in [1.807, 2.05) is 33.8 Å². The third kappa shape index (κ3) is 4.82. The van der Waals surface area contributed by atoms with Gasteiger partial charge in [0.25, 0.3) is 0 Å². The molecule has 178 valence electrons. The third-order valence-corrected chi connectivity index (χ3v) is 6.59. The molecule has 0 aliphatic heterocycles. The van der Waals surface area contributed by atoms with Crippen LogP contribution in [-0.2, 0) is 0 Å². The summed E-state index contributed by atoms with van der Waals surface area (Å²) >= 11 is 1.59. The number of ether oxygens (including phenoxy) is 3. The summed E-state index contributed by atoms with van der Waals surface area (Å²) in [6, 6.07) is 7.26. The van der Waals surface area contributed by atoms with Crippen LogP contribution in [0.1, 0.15) is 21.8 Å². The number of pyridine rings is 2. The molecule has 1 atom stereocenters. The van der Waals surface area contributed by atoms with Gasteiger partial charge in [-0.05, 0) is 51.5 Å². The van der Waals surface area contributed by atoms with Crippen LogP contribution < -0.4 is 14.2 Å². The van der Waals surface area contributed by atoms with Crippen LogP contribution in [0.5, 0.6) is 23.0 Å². The maximum Gasteiger partial charge on any atom is 0.163 e. The maximum atomic E-state index is 9.62. The largest absolute Gasteiger partial charge is 0.493 e. The molecule has 0 radical (unpaired) electrons. The van der Waals surface area contributed by atoms with Gasteiger partial charge in [0.1, 0.15) is 29.2 Å². The van der Waals surface area contributed by atoms with Gasteiger partial charge < -0.3 is 24.4 Å². The van der Waals surface area contributed by atoms with Crippen molar-refractivity contribution in [1.82, 2.24) is 15.0 Å². The number of hydrogen-bond acceptors (Lipinski definition) is 9. The number of thiazole rings is 1. The molecule has 0 aliphatic rings. The number of aryl methyl sites for hydroxylation is 4. The summed E-state index contributed by atoms with van der Waals surface area (Å²) in [7, 11) is 1.53. The van der Waals surface area contributed by atoms with E-state index < -0.39 is 12.7 Å². The zero-order chi connectivity index (χ0) is 24.4. The maximum absolute atomic E-state index is 9.62. The van der Waals surface area contributed by atoms with Gasteiger partial charge in [-0.15, -0.1) is 11.3 Å². The molecule has 34 heavy (non-hydrogen) atoms. The van der Waals surface area contributed by atoms with Gasteiger partial charge in [-0.25, -0.2) is 9.97 Å². The van der Waals surface area contributed by atoms with Crippen LogP contribution in [0.15, 0.2) is 30.5 Å². The molecule has 4 aromatic rings. The molecule has 3 heterocycles. The normalized spacial score (nSPS) is 12.1. The Morgan fingerprint density at radius 1 is 0.971 bits per heavy atom. The minimum atomic E-state index is -0.989. The predicted octanol–water partition coefficient (Wildman–Crippen LogP) is 4.52. The summed E-state index contributed by atoms with van der Waals surface area (Å²) in [5.41, 5.74) is 4.23. The number of hydrogen-bond donors (Lipinski definition) is 2. The second-order valence-corrected chi connectivity index (χ2v) is 9.18. The molecule has 0 spiro atoms. The van der Waals surface area contributed by atoms with Crippen molar-refractivity contribution in [2.75, 3.05) is 20.3 Å². The topological polar surface area (TPSA) is 107 Å². The standard InChI is InChI=1S/C25H27N3O5S/c1-13-8-23(24(27-14(13)2)25-28-15(3)16(4)34-25)33-20-6-7-26-19-10-22(32-12-17(30)11-29)21(31-5)9-18(19)20/h6-10,17,29-30H,11-12H2,1-5H3. The third-order valence-electron chi connectivity index (χ3n) is 5.51. The van der Waals surface area contributed by atoms with Crippen molar-refractivity contribution in [3.05, 3.63) is 52.3 Å². The molecule has 0 aliphatic carbocycles. The van der Waals surface area contributed by atoms with Gasteiger partial charge in [0.2, 0.25) is 0 Å². The smallest absolute Gasteiger partial charge is 0.163 e. The number of fused-ring (bicyclic) bond motifs is 1. The fraction of sp³-hybridized carbons (Fsp3) is 0.320. The summed E-state index contributed by atoms with van der Waals surface area (Å²) in [6.45, 7) is 7.53. The van der Waals surface area contributed by atoms with Crippen LogP contribution in [0.25, 0.3) is 21.6 Å². The monoisotopic (exact) mass is 481 g/mol. The van der Waals surface area contributed by atoms with E-state index in [0.29, 0.717) is 34.2 Å². The molecule has 1 aromatic carbocycles. The highest BCUT2D eigenvalue weighted by molar-refractivity contribution is 7.15. The van der Waals surface area contributed by atoms with Crippen molar-refractivity contribution in [2.45, 2.75) is 33.8 Å². The Bertz CT molecular complexity index is 1320. The van der Waals surface area contributed by atoms with Gasteiger partial charge in [-0.1, -0.05) is 0 Å². The average molecular weight is 482 g/mol. The molecule has 1 unspecified atom stereocenters. The summed E-state index contributed by atoms with van der Waals surface area (Å²) in [5, 5.41) is 20.2. The van der Waals surface area contributed by atoms with Gasteiger partial charge in [0.05, 0.1) is 24.9 Å². The highest BCUT2D eigenvalue weighted by Crippen LogP contribution is 2.40. The number of rotatable bonds is 8. The van der Waals surface area contributed by atoms with E-state index in [2.05, 4.69) is 9.97 Å². The van der Waals surface area contributed by atoms with Crippen molar-refractivity contribution in [3.63, 3.8) is 0 Å². The predicted molar refractivity (Wildman–Crippen MR) is 131 cm³/mol. The van der Waals surface area contributed by atoms with Crippen LogP contribution in [0.3, 0.4) is 0 Å². The fourth-order valence-electron chi connectivity index (χ4n) is 3.33. The number of aromatic nitrogens is 3.